The Kier molecular flexibility index (Phi) is 4.24. The van der Waals surface area contributed by atoms with Crippen LogP contribution in [-0.2, 0) is 0 Å². The van der Waals surface area contributed by atoms with Gasteiger partial charge in [-0.3, -0.25) is 9.80 Å². The number of nitrogens with zero attached hydrogens (tertiary/aromatic N) is 2. The van der Waals surface area contributed by atoms with Crippen LogP contribution in [0.25, 0.3) is 0 Å². The number of hydrazone groups is 1. The molecule has 0 N–H and O–H groups in total. The second-order valence-electron chi connectivity index (χ2n) is 5.20. The molecule has 4 nitrogen and oxygen atoms in total. The number of aldehydes is 1. The Morgan fingerprint density at radius 3 is 2.54 bits per heavy atom. The Hall–Kier alpha value is -2.83. The van der Waals surface area contributed by atoms with Gasteiger partial charge in [-0.15, -0.1) is 13.2 Å². The van der Waals surface area contributed by atoms with Gasteiger partial charge in [-0.2, -0.15) is 5.10 Å². The van der Waals surface area contributed by atoms with Crippen molar-refractivity contribution in [3.05, 3.63) is 59.7 Å². The molecule has 0 unspecified atom stereocenters. The number of halogens is 3. The quantitative estimate of drug-likeness (QED) is 0.793. The van der Waals surface area contributed by atoms with Gasteiger partial charge < -0.3 is 4.74 Å². The van der Waals surface area contributed by atoms with E-state index >= 15 is 0 Å². The third kappa shape index (κ3) is 3.73. The first-order valence-electron chi connectivity index (χ1n) is 7.21. The minimum atomic E-state index is -4.70. The second kappa shape index (κ2) is 6.35. The van der Waals surface area contributed by atoms with E-state index in [0.717, 1.165) is 17.6 Å². The summed E-state index contributed by atoms with van der Waals surface area (Å²) in [5, 5.41) is 6.19. The Morgan fingerprint density at radius 2 is 1.88 bits per heavy atom. The SMILES string of the molecule is O=Cc1cccc(C2=NN(c3ccc(OC(F)(F)F)cc3)CC2)c1. The molecule has 0 radical (unpaired) electrons. The molecule has 3 rings (SSSR count). The van der Waals surface area contributed by atoms with Crippen molar-refractivity contribution in [2.45, 2.75) is 12.8 Å². The highest BCUT2D eigenvalue weighted by molar-refractivity contribution is 6.03. The number of hydrogen-bond donors (Lipinski definition) is 0. The van der Waals surface area contributed by atoms with E-state index in [0.29, 0.717) is 24.2 Å². The molecule has 0 saturated heterocycles. The largest absolute Gasteiger partial charge is 0.573 e. The number of ether oxygens (including phenoxy) is 1. The number of rotatable bonds is 4. The summed E-state index contributed by atoms with van der Waals surface area (Å²) in [7, 11) is 0. The zero-order valence-electron chi connectivity index (χ0n) is 12.5. The van der Waals surface area contributed by atoms with E-state index in [-0.39, 0.29) is 5.75 Å². The third-order valence-electron chi connectivity index (χ3n) is 3.53. The fraction of sp³-hybridized carbons (Fsp3) is 0.176. The molecular formula is C17H13F3N2O2. The average Bonchev–Trinajstić information content (AvgIpc) is 3.04. The van der Waals surface area contributed by atoms with E-state index < -0.39 is 6.36 Å². The van der Waals surface area contributed by atoms with Gasteiger partial charge in [-0.25, -0.2) is 0 Å². The van der Waals surface area contributed by atoms with Gasteiger partial charge in [0.15, 0.2) is 0 Å². The van der Waals surface area contributed by atoms with Gasteiger partial charge >= 0.3 is 6.36 Å². The van der Waals surface area contributed by atoms with Crippen LogP contribution < -0.4 is 9.75 Å². The smallest absolute Gasteiger partial charge is 0.406 e. The maximum atomic E-state index is 12.2. The van der Waals surface area contributed by atoms with Crippen LogP contribution in [0.2, 0.25) is 0 Å². The van der Waals surface area contributed by atoms with Crippen LogP contribution >= 0.6 is 0 Å². The highest BCUT2D eigenvalue weighted by atomic mass is 19.4. The van der Waals surface area contributed by atoms with E-state index in [9.17, 15) is 18.0 Å². The van der Waals surface area contributed by atoms with Crippen molar-refractivity contribution in [1.82, 2.24) is 0 Å². The molecule has 2 aromatic carbocycles. The summed E-state index contributed by atoms with van der Waals surface area (Å²) >= 11 is 0. The first-order chi connectivity index (χ1) is 11.4. The normalized spacial score (nSPS) is 14.5. The Labute approximate surface area is 136 Å². The predicted octanol–water partition coefficient (Wildman–Crippen LogP) is 4.01. The van der Waals surface area contributed by atoms with Crippen LogP contribution in [0.1, 0.15) is 22.3 Å². The van der Waals surface area contributed by atoms with Crippen LogP contribution in [0.4, 0.5) is 18.9 Å². The molecule has 124 valence electrons. The van der Waals surface area contributed by atoms with Crippen LogP contribution in [0.3, 0.4) is 0 Å². The molecule has 0 bridgehead atoms. The van der Waals surface area contributed by atoms with Crippen molar-refractivity contribution in [2.24, 2.45) is 5.10 Å². The first-order valence-corrected chi connectivity index (χ1v) is 7.21. The number of alkyl halides is 3. The zero-order valence-corrected chi connectivity index (χ0v) is 12.5. The summed E-state index contributed by atoms with van der Waals surface area (Å²) in [6.45, 7) is 0.611. The lowest BCUT2D eigenvalue weighted by molar-refractivity contribution is -0.274. The van der Waals surface area contributed by atoms with E-state index in [4.69, 9.17) is 0 Å². The Balaban J connectivity index is 1.76. The lowest BCUT2D eigenvalue weighted by Crippen LogP contribution is -2.17. The summed E-state index contributed by atoms with van der Waals surface area (Å²) in [6.07, 6.45) is -3.25. The molecule has 0 aliphatic carbocycles. The van der Waals surface area contributed by atoms with Crippen molar-refractivity contribution >= 4 is 17.7 Å². The number of benzene rings is 2. The Morgan fingerprint density at radius 1 is 1.12 bits per heavy atom. The maximum absolute atomic E-state index is 12.2. The summed E-state index contributed by atoms with van der Waals surface area (Å²) in [5.74, 6) is -0.270. The van der Waals surface area contributed by atoms with Crippen molar-refractivity contribution in [3.63, 3.8) is 0 Å². The van der Waals surface area contributed by atoms with Gasteiger partial charge in [0, 0.05) is 18.5 Å². The fourth-order valence-corrected chi connectivity index (χ4v) is 2.46. The molecule has 1 aliphatic heterocycles. The van der Waals surface area contributed by atoms with Crippen molar-refractivity contribution in [2.75, 3.05) is 11.6 Å². The van der Waals surface area contributed by atoms with Gasteiger partial charge in [0.25, 0.3) is 0 Å². The molecule has 1 aliphatic rings. The molecule has 1 heterocycles. The lowest BCUT2D eigenvalue weighted by atomic mass is 10.1. The molecule has 0 saturated carbocycles. The summed E-state index contributed by atoms with van der Waals surface area (Å²) in [4.78, 5) is 10.8. The average molecular weight is 334 g/mol. The van der Waals surface area contributed by atoms with Crippen LogP contribution in [0, 0.1) is 0 Å². The standard InChI is InChI=1S/C17H13F3N2O2/c18-17(19,20)24-15-6-4-14(5-7-15)22-9-8-16(21-22)13-3-1-2-12(10-13)11-23/h1-7,10-11H,8-9H2. The van der Waals surface area contributed by atoms with Gasteiger partial charge in [-0.05, 0) is 35.9 Å². The van der Waals surface area contributed by atoms with Crippen molar-refractivity contribution in [1.29, 1.82) is 0 Å². The van der Waals surface area contributed by atoms with Crippen molar-refractivity contribution < 1.29 is 22.7 Å². The molecule has 0 amide bonds. The van der Waals surface area contributed by atoms with Gasteiger partial charge in [0.05, 0.1) is 11.4 Å². The maximum Gasteiger partial charge on any atom is 0.573 e. The molecule has 24 heavy (non-hydrogen) atoms. The van der Waals surface area contributed by atoms with E-state index in [1.165, 1.54) is 24.3 Å². The predicted molar refractivity (Wildman–Crippen MR) is 83.5 cm³/mol. The minimum absolute atomic E-state index is 0.270. The number of hydrogen-bond acceptors (Lipinski definition) is 4. The molecule has 0 atom stereocenters. The van der Waals surface area contributed by atoms with E-state index in [2.05, 4.69) is 9.84 Å². The summed E-state index contributed by atoms with van der Waals surface area (Å²) < 4.78 is 40.3. The highest BCUT2D eigenvalue weighted by Crippen LogP contribution is 2.27. The second-order valence-corrected chi connectivity index (χ2v) is 5.20. The summed E-state index contributed by atoms with van der Waals surface area (Å²) in [5.41, 5.74) is 2.93. The van der Waals surface area contributed by atoms with Crippen molar-refractivity contribution in [3.8, 4) is 5.75 Å². The van der Waals surface area contributed by atoms with Crippen LogP contribution in [-0.4, -0.2) is 24.9 Å². The van der Waals surface area contributed by atoms with Gasteiger partial charge in [-0.1, -0.05) is 18.2 Å². The lowest BCUT2D eigenvalue weighted by Gasteiger charge is -2.14. The fourth-order valence-electron chi connectivity index (χ4n) is 2.46. The number of carbonyl (C=O) groups is 1. The molecular weight excluding hydrogens is 321 g/mol. The third-order valence-corrected chi connectivity index (χ3v) is 3.53. The van der Waals surface area contributed by atoms with Crippen LogP contribution in [0.15, 0.2) is 53.6 Å². The first kappa shape index (κ1) is 16.0. The molecule has 0 fully saturated rings. The molecule has 2 aromatic rings. The highest BCUT2D eigenvalue weighted by Gasteiger charge is 2.31. The summed E-state index contributed by atoms with van der Waals surface area (Å²) in [6, 6.07) is 12.7. The monoisotopic (exact) mass is 334 g/mol. The van der Waals surface area contributed by atoms with Gasteiger partial charge in [0.2, 0.25) is 0 Å². The number of anilines is 1. The topological polar surface area (TPSA) is 41.9 Å². The minimum Gasteiger partial charge on any atom is -0.406 e. The molecule has 0 aromatic heterocycles. The van der Waals surface area contributed by atoms with Gasteiger partial charge in [0.1, 0.15) is 12.0 Å². The van der Waals surface area contributed by atoms with E-state index in [1.807, 2.05) is 6.07 Å². The number of carbonyl (C=O) groups excluding carboxylic acids is 1. The zero-order chi connectivity index (χ0) is 17.2. The van der Waals surface area contributed by atoms with E-state index in [1.54, 1.807) is 23.2 Å². The Bertz CT molecular complexity index is 770. The molecule has 7 heteroatoms. The van der Waals surface area contributed by atoms with Crippen LogP contribution in [0.5, 0.6) is 5.75 Å². The molecule has 0 spiro atoms.